The van der Waals surface area contributed by atoms with Gasteiger partial charge in [0.05, 0.1) is 0 Å². The van der Waals surface area contributed by atoms with Crippen LogP contribution in [0.5, 0.6) is 0 Å². The van der Waals surface area contributed by atoms with Crippen molar-refractivity contribution in [2.24, 2.45) is 40.4 Å². The number of fused-ring (bicyclic) bond motifs is 9. The molecule has 8 atom stereocenters. The number of esters is 1. The molecule has 6 rings (SSSR count). The van der Waals surface area contributed by atoms with Gasteiger partial charge in [-0.05, 0) is 80.1 Å². The summed E-state index contributed by atoms with van der Waals surface area (Å²) in [6, 6.07) is 0. The van der Waals surface area contributed by atoms with Crippen LogP contribution in [0.2, 0.25) is 0 Å². The van der Waals surface area contributed by atoms with Crippen LogP contribution in [0.25, 0.3) is 0 Å². The summed E-state index contributed by atoms with van der Waals surface area (Å²) in [6.45, 7) is 4.92. The third kappa shape index (κ3) is 1.63. The molecular weight excluding hydrogens is 324 g/mol. The van der Waals surface area contributed by atoms with Crippen LogP contribution in [0.1, 0.15) is 71.6 Å². The van der Waals surface area contributed by atoms with Crippen LogP contribution in [-0.4, -0.2) is 17.4 Å². The van der Waals surface area contributed by atoms with Crippen LogP contribution in [0.4, 0.5) is 0 Å². The molecule has 1 spiro atoms. The van der Waals surface area contributed by atoms with Crippen molar-refractivity contribution in [3.63, 3.8) is 0 Å². The van der Waals surface area contributed by atoms with Crippen LogP contribution < -0.4 is 0 Å². The second-order valence-corrected chi connectivity index (χ2v) is 10.7. The second-order valence-electron chi connectivity index (χ2n) is 10.7. The van der Waals surface area contributed by atoms with E-state index in [-0.39, 0.29) is 22.4 Å². The average Bonchev–Trinajstić information content (AvgIpc) is 3.24. The van der Waals surface area contributed by atoms with E-state index in [1.807, 2.05) is 6.08 Å². The van der Waals surface area contributed by atoms with Crippen LogP contribution in [0, 0.1) is 40.4 Å². The number of carbonyl (C=O) groups is 2. The molecule has 0 unspecified atom stereocenters. The lowest BCUT2D eigenvalue weighted by Gasteiger charge is -2.60. The van der Waals surface area contributed by atoms with Crippen molar-refractivity contribution >= 4 is 11.8 Å². The molecule has 1 saturated heterocycles. The number of ether oxygens (including phenoxy) is 1. The summed E-state index contributed by atoms with van der Waals surface area (Å²) in [5.74, 6) is 4.04. The van der Waals surface area contributed by atoms with Crippen LogP contribution in [-0.2, 0) is 14.3 Å². The minimum Gasteiger partial charge on any atom is -0.458 e. The summed E-state index contributed by atoms with van der Waals surface area (Å²) < 4.78 is 6.17. The Morgan fingerprint density at radius 3 is 2.58 bits per heavy atom. The number of ketones is 1. The molecule has 3 heteroatoms. The predicted molar refractivity (Wildman–Crippen MR) is 97.1 cm³/mol. The Kier molecular flexibility index (Phi) is 2.84. The third-order valence-corrected chi connectivity index (χ3v) is 10.1. The fourth-order valence-electron chi connectivity index (χ4n) is 8.92. The highest BCUT2D eigenvalue weighted by Gasteiger charge is 2.78. The van der Waals surface area contributed by atoms with Gasteiger partial charge in [0.2, 0.25) is 0 Å². The first-order chi connectivity index (χ1) is 12.4. The standard InChI is InChI=1S/C23H30O3/c1-21-8-5-14(24)11-13(21)3-4-15-17(21)6-9-22(2)20(15)16-12-18(16)23(22)10-7-19(25)26-23/h11,15-18,20H,3-10,12H2,1-2H3/t15-,16-,17-,18+,20+,21+,22+,23+/m1/s1. The number of hydrogen-bond donors (Lipinski definition) is 0. The Morgan fingerprint density at radius 1 is 0.962 bits per heavy atom. The molecule has 1 heterocycles. The van der Waals surface area contributed by atoms with E-state index in [2.05, 4.69) is 13.8 Å². The SMILES string of the molecule is C[C@]12CCC(=O)C=C1CC[C@H]1[C@H]3[C@@H]4C[C@@H]4[C@@]4(CCC(=O)O4)[C@@]3(C)CC[C@H]12. The van der Waals surface area contributed by atoms with E-state index < -0.39 is 0 Å². The molecule has 0 aromatic rings. The molecule has 1 aliphatic heterocycles. The Morgan fingerprint density at radius 2 is 1.81 bits per heavy atom. The Bertz CT molecular complexity index is 753. The van der Waals surface area contributed by atoms with Gasteiger partial charge in [-0.2, -0.15) is 0 Å². The topological polar surface area (TPSA) is 43.4 Å². The Balaban J connectivity index is 1.40. The first kappa shape index (κ1) is 15.9. The van der Waals surface area contributed by atoms with Gasteiger partial charge in [0.15, 0.2) is 5.78 Å². The van der Waals surface area contributed by atoms with Gasteiger partial charge in [-0.3, -0.25) is 9.59 Å². The zero-order valence-corrected chi connectivity index (χ0v) is 16.1. The number of carbonyl (C=O) groups excluding carboxylic acids is 2. The van der Waals surface area contributed by atoms with Crippen molar-refractivity contribution < 1.29 is 14.3 Å². The molecular formula is C23H30O3. The van der Waals surface area contributed by atoms with Crippen LogP contribution in [0.3, 0.4) is 0 Å². The van der Waals surface area contributed by atoms with Crippen molar-refractivity contribution in [3.05, 3.63) is 11.6 Å². The summed E-state index contributed by atoms with van der Waals surface area (Å²) in [5, 5.41) is 0. The second kappa shape index (κ2) is 4.64. The molecule has 0 amide bonds. The Labute approximate surface area is 155 Å². The molecule has 4 saturated carbocycles. The summed E-state index contributed by atoms with van der Waals surface area (Å²) >= 11 is 0. The van der Waals surface area contributed by atoms with E-state index in [0.29, 0.717) is 18.1 Å². The molecule has 0 aromatic heterocycles. The van der Waals surface area contributed by atoms with Gasteiger partial charge in [0, 0.05) is 24.2 Å². The minimum atomic E-state index is -0.135. The highest BCUT2D eigenvalue weighted by molar-refractivity contribution is 5.91. The maximum atomic E-state index is 12.1. The normalized spacial score (nSPS) is 57.0. The molecule has 3 nitrogen and oxygen atoms in total. The van der Waals surface area contributed by atoms with Crippen LogP contribution >= 0.6 is 0 Å². The molecule has 5 aliphatic carbocycles. The monoisotopic (exact) mass is 354 g/mol. The molecule has 0 N–H and O–H groups in total. The van der Waals surface area contributed by atoms with E-state index in [4.69, 9.17) is 4.74 Å². The van der Waals surface area contributed by atoms with Crippen LogP contribution in [0.15, 0.2) is 11.6 Å². The molecule has 5 fully saturated rings. The zero-order valence-electron chi connectivity index (χ0n) is 16.1. The summed E-state index contributed by atoms with van der Waals surface area (Å²) in [5.41, 5.74) is 1.75. The molecule has 6 aliphatic rings. The molecule has 140 valence electrons. The maximum absolute atomic E-state index is 12.1. The van der Waals surface area contributed by atoms with E-state index >= 15 is 0 Å². The van der Waals surface area contributed by atoms with Gasteiger partial charge >= 0.3 is 5.97 Å². The fraction of sp³-hybridized carbons (Fsp3) is 0.826. The minimum absolute atomic E-state index is 0.0475. The lowest BCUT2D eigenvalue weighted by Crippen LogP contribution is -2.56. The van der Waals surface area contributed by atoms with Gasteiger partial charge in [0.1, 0.15) is 5.60 Å². The van der Waals surface area contributed by atoms with Crippen molar-refractivity contribution in [1.29, 1.82) is 0 Å². The summed E-state index contributed by atoms with van der Waals surface area (Å²) in [4.78, 5) is 24.1. The molecule has 0 bridgehead atoms. The predicted octanol–water partition coefficient (Wildman–Crippen LogP) is 4.45. The average molecular weight is 354 g/mol. The van der Waals surface area contributed by atoms with Gasteiger partial charge in [-0.1, -0.05) is 19.4 Å². The third-order valence-electron chi connectivity index (χ3n) is 10.1. The lowest BCUT2D eigenvalue weighted by atomic mass is 9.45. The lowest BCUT2D eigenvalue weighted by molar-refractivity contribution is -0.176. The Hall–Kier alpha value is -1.12. The van der Waals surface area contributed by atoms with Crippen molar-refractivity contribution in [2.45, 2.75) is 77.2 Å². The van der Waals surface area contributed by atoms with E-state index in [0.717, 1.165) is 49.4 Å². The van der Waals surface area contributed by atoms with Gasteiger partial charge < -0.3 is 4.74 Å². The maximum Gasteiger partial charge on any atom is 0.306 e. The first-order valence-corrected chi connectivity index (χ1v) is 10.8. The quantitative estimate of drug-likeness (QED) is 0.604. The largest absolute Gasteiger partial charge is 0.458 e. The molecule has 0 aromatic carbocycles. The van der Waals surface area contributed by atoms with E-state index in [9.17, 15) is 9.59 Å². The highest BCUT2D eigenvalue weighted by Crippen LogP contribution is 2.79. The van der Waals surface area contributed by atoms with Crippen molar-refractivity contribution in [3.8, 4) is 0 Å². The smallest absolute Gasteiger partial charge is 0.306 e. The summed E-state index contributed by atoms with van der Waals surface area (Å²) in [7, 11) is 0. The summed E-state index contributed by atoms with van der Waals surface area (Å²) in [6.07, 6.45) is 11.5. The van der Waals surface area contributed by atoms with Gasteiger partial charge in [-0.25, -0.2) is 0 Å². The number of hydrogen-bond acceptors (Lipinski definition) is 3. The molecule has 0 radical (unpaired) electrons. The van der Waals surface area contributed by atoms with Gasteiger partial charge in [0.25, 0.3) is 0 Å². The number of rotatable bonds is 0. The highest BCUT2D eigenvalue weighted by atomic mass is 16.6. The fourth-order valence-corrected chi connectivity index (χ4v) is 8.92. The van der Waals surface area contributed by atoms with E-state index in [1.54, 1.807) is 0 Å². The number of allylic oxidation sites excluding steroid dienone is 1. The first-order valence-electron chi connectivity index (χ1n) is 10.8. The zero-order chi connectivity index (χ0) is 17.9. The molecule has 26 heavy (non-hydrogen) atoms. The van der Waals surface area contributed by atoms with Crippen molar-refractivity contribution in [1.82, 2.24) is 0 Å². The van der Waals surface area contributed by atoms with Crippen molar-refractivity contribution in [2.75, 3.05) is 0 Å². The van der Waals surface area contributed by atoms with E-state index in [1.165, 1.54) is 31.3 Å². The van der Waals surface area contributed by atoms with Gasteiger partial charge in [-0.15, -0.1) is 0 Å².